The minimum Gasteiger partial charge on any atom is -0.324 e. The van der Waals surface area contributed by atoms with Gasteiger partial charge in [-0.2, -0.15) is 5.10 Å². The predicted octanol–water partition coefficient (Wildman–Crippen LogP) is 2.11. The molecule has 1 aromatic carbocycles. The van der Waals surface area contributed by atoms with Gasteiger partial charge in [0.2, 0.25) is 0 Å². The summed E-state index contributed by atoms with van der Waals surface area (Å²) in [5, 5.41) is 4.08. The summed E-state index contributed by atoms with van der Waals surface area (Å²) in [6.07, 6.45) is 4.26. The van der Waals surface area contributed by atoms with Crippen molar-refractivity contribution in [2.45, 2.75) is 19.4 Å². The Bertz CT molecular complexity index is 519. The van der Waals surface area contributed by atoms with Crippen LogP contribution in [0.1, 0.15) is 22.7 Å². The van der Waals surface area contributed by atoms with Gasteiger partial charge in [0.1, 0.15) is 5.82 Å². The quantitative estimate of drug-likeness (QED) is 0.882. The maximum absolute atomic E-state index is 13.1. The van der Waals surface area contributed by atoms with Crippen molar-refractivity contribution in [2.24, 2.45) is 12.8 Å². The monoisotopic (exact) mass is 233 g/mol. The predicted molar refractivity (Wildman–Crippen MR) is 65.0 cm³/mol. The molecule has 17 heavy (non-hydrogen) atoms. The Morgan fingerprint density at radius 2 is 2.24 bits per heavy atom. The molecule has 0 fully saturated rings. The van der Waals surface area contributed by atoms with Crippen LogP contribution in [0, 0.1) is 12.7 Å². The zero-order valence-corrected chi connectivity index (χ0v) is 10.0. The largest absolute Gasteiger partial charge is 0.324 e. The molecule has 0 saturated heterocycles. The summed E-state index contributed by atoms with van der Waals surface area (Å²) in [6, 6.07) is 4.64. The first-order chi connectivity index (χ1) is 8.06. The molecule has 0 saturated carbocycles. The van der Waals surface area contributed by atoms with E-state index in [9.17, 15) is 4.39 Å². The molecule has 0 aliphatic carbocycles. The lowest BCUT2D eigenvalue weighted by Crippen LogP contribution is -2.13. The highest BCUT2D eigenvalue weighted by Crippen LogP contribution is 2.18. The van der Waals surface area contributed by atoms with Crippen LogP contribution in [-0.2, 0) is 13.5 Å². The lowest BCUT2D eigenvalue weighted by Gasteiger charge is -2.11. The molecule has 0 radical (unpaired) electrons. The number of rotatable bonds is 3. The van der Waals surface area contributed by atoms with Gasteiger partial charge in [-0.25, -0.2) is 4.39 Å². The normalized spacial score (nSPS) is 12.7. The first-order valence-corrected chi connectivity index (χ1v) is 5.55. The van der Waals surface area contributed by atoms with Gasteiger partial charge < -0.3 is 5.73 Å². The van der Waals surface area contributed by atoms with Crippen LogP contribution >= 0.6 is 0 Å². The van der Waals surface area contributed by atoms with Crippen LogP contribution < -0.4 is 5.73 Å². The molecule has 0 spiro atoms. The van der Waals surface area contributed by atoms with Gasteiger partial charge in [0.15, 0.2) is 0 Å². The van der Waals surface area contributed by atoms with Crippen molar-refractivity contribution < 1.29 is 4.39 Å². The van der Waals surface area contributed by atoms with E-state index >= 15 is 0 Å². The first kappa shape index (κ1) is 11.8. The van der Waals surface area contributed by atoms with Gasteiger partial charge in [0.25, 0.3) is 0 Å². The van der Waals surface area contributed by atoms with E-state index in [1.807, 2.05) is 20.2 Å². The van der Waals surface area contributed by atoms with Gasteiger partial charge in [0.05, 0.1) is 6.20 Å². The van der Waals surface area contributed by atoms with Gasteiger partial charge >= 0.3 is 0 Å². The van der Waals surface area contributed by atoms with Crippen LogP contribution in [0.2, 0.25) is 0 Å². The average Bonchev–Trinajstić information content (AvgIpc) is 2.70. The minimum atomic E-state index is -0.219. The lowest BCUT2D eigenvalue weighted by atomic mass is 9.98. The number of benzene rings is 1. The number of hydrogen-bond acceptors (Lipinski definition) is 2. The van der Waals surface area contributed by atoms with E-state index < -0.39 is 0 Å². The molecule has 0 bridgehead atoms. The summed E-state index contributed by atoms with van der Waals surface area (Å²) in [5.41, 5.74) is 9.06. The molecule has 0 amide bonds. The Morgan fingerprint density at radius 1 is 1.47 bits per heavy atom. The van der Waals surface area contributed by atoms with Crippen molar-refractivity contribution in [1.29, 1.82) is 0 Å². The van der Waals surface area contributed by atoms with Crippen molar-refractivity contribution >= 4 is 0 Å². The molecular weight excluding hydrogens is 217 g/mol. The third-order valence-corrected chi connectivity index (χ3v) is 2.90. The van der Waals surface area contributed by atoms with Crippen LogP contribution in [0.15, 0.2) is 30.6 Å². The van der Waals surface area contributed by atoms with Crippen LogP contribution in [0.4, 0.5) is 4.39 Å². The van der Waals surface area contributed by atoms with E-state index in [1.54, 1.807) is 23.0 Å². The van der Waals surface area contributed by atoms with E-state index in [1.165, 1.54) is 6.07 Å². The lowest BCUT2D eigenvalue weighted by molar-refractivity contribution is 0.621. The molecule has 2 rings (SSSR count). The second-order valence-corrected chi connectivity index (χ2v) is 4.33. The third kappa shape index (κ3) is 2.71. The van der Waals surface area contributed by atoms with Crippen molar-refractivity contribution in [2.75, 3.05) is 0 Å². The van der Waals surface area contributed by atoms with E-state index in [-0.39, 0.29) is 11.9 Å². The fraction of sp³-hybridized carbons (Fsp3) is 0.308. The summed E-state index contributed by atoms with van der Waals surface area (Å²) in [5.74, 6) is -0.219. The van der Waals surface area contributed by atoms with Crippen molar-refractivity contribution in [3.8, 4) is 0 Å². The van der Waals surface area contributed by atoms with E-state index in [0.29, 0.717) is 6.42 Å². The number of halogens is 1. The van der Waals surface area contributed by atoms with Crippen molar-refractivity contribution in [1.82, 2.24) is 9.78 Å². The third-order valence-electron chi connectivity index (χ3n) is 2.90. The highest BCUT2D eigenvalue weighted by Gasteiger charge is 2.11. The molecule has 1 heterocycles. The zero-order valence-electron chi connectivity index (χ0n) is 10.0. The molecular formula is C13H16FN3. The topological polar surface area (TPSA) is 43.8 Å². The summed E-state index contributed by atoms with van der Waals surface area (Å²) in [4.78, 5) is 0. The SMILES string of the molecule is Cc1ccc(F)cc1CC(N)c1cnn(C)c1. The summed E-state index contributed by atoms with van der Waals surface area (Å²) in [6.45, 7) is 1.96. The molecule has 3 nitrogen and oxygen atoms in total. The summed E-state index contributed by atoms with van der Waals surface area (Å²) >= 11 is 0. The standard InChI is InChI=1S/C13H16FN3/c1-9-3-4-12(14)5-10(9)6-13(15)11-7-16-17(2)8-11/h3-5,7-8,13H,6,15H2,1-2H3. The number of nitrogens with two attached hydrogens (primary N) is 1. The maximum atomic E-state index is 13.1. The number of aryl methyl sites for hydroxylation is 2. The molecule has 1 unspecified atom stereocenters. The van der Waals surface area contributed by atoms with Crippen LogP contribution in [0.3, 0.4) is 0 Å². The number of aromatic nitrogens is 2. The highest BCUT2D eigenvalue weighted by molar-refractivity contribution is 5.28. The van der Waals surface area contributed by atoms with Crippen LogP contribution in [-0.4, -0.2) is 9.78 Å². The second-order valence-electron chi connectivity index (χ2n) is 4.33. The van der Waals surface area contributed by atoms with Crippen LogP contribution in [0.5, 0.6) is 0 Å². The Labute approximate surface area is 100 Å². The minimum absolute atomic E-state index is 0.149. The van der Waals surface area contributed by atoms with Gasteiger partial charge in [-0.3, -0.25) is 4.68 Å². The Hall–Kier alpha value is -1.68. The second kappa shape index (κ2) is 4.67. The van der Waals surface area contributed by atoms with E-state index in [4.69, 9.17) is 5.73 Å². The average molecular weight is 233 g/mol. The van der Waals surface area contributed by atoms with Crippen molar-refractivity contribution in [3.05, 3.63) is 53.1 Å². The molecule has 2 N–H and O–H groups in total. The van der Waals surface area contributed by atoms with Crippen molar-refractivity contribution in [3.63, 3.8) is 0 Å². The molecule has 90 valence electrons. The first-order valence-electron chi connectivity index (χ1n) is 5.55. The molecule has 2 aromatic rings. The molecule has 1 aromatic heterocycles. The molecule has 0 aliphatic rings. The smallest absolute Gasteiger partial charge is 0.123 e. The van der Waals surface area contributed by atoms with Gasteiger partial charge in [0, 0.05) is 24.8 Å². The van der Waals surface area contributed by atoms with Crippen LogP contribution in [0.25, 0.3) is 0 Å². The summed E-state index contributed by atoms with van der Waals surface area (Å²) in [7, 11) is 1.85. The van der Waals surface area contributed by atoms with Gasteiger partial charge in [-0.15, -0.1) is 0 Å². The summed E-state index contributed by atoms with van der Waals surface area (Å²) < 4.78 is 14.9. The Balaban J connectivity index is 2.18. The fourth-order valence-electron chi connectivity index (χ4n) is 1.85. The fourth-order valence-corrected chi connectivity index (χ4v) is 1.85. The Morgan fingerprint density at radius 3 is 2.88 bits per heavy atom. The molecule has 0 aliphatic heterocycles. The Kier molecular flexibility index (Phi) is 3.24. The maximum Gasteiger partial charge on any atom is 0.123 e. The van der Waals surface area contributed by atoms with E-state index in [0.717, 1.165) is 16.7 Å². The zero-order chi connectivity index (χ0) is 12.4. The number of nitrogens with zero attached hydrogens (tertiary/aromatic N) is 2. The van der Waals surface area contributed by atoms with E-state index in [2.05, 4.69) is 5.10 Å². The molecule has 1 atom stereocenters. The molecule has 4 heteroatoms. The highest BCUT2D eigenvalue weighted by atomic mass is 19.1. The van der Waals surface area contributed by atoms with Gasteiger partial charge in [-0.05, 0) is 36.6 Å². The number of hydrogen-bond donors (Lipinski definition) is 1. The van der Waals surface area contributed by atoms with Gasteiger partial charge in [-0.1, -0.05) is 6.07 Å².